The van der Waals surface area contributed by atoms with E-state index in [4.69, 9.17) is 4.74 Å². The van der Waals surface area contributed by atoms with Crippen LogP contribution in [0.25, 0.3) is 11.1 Å². The van der Waals surface area contributed by atoms with E-state index in [1.807, 2.05) is 54.7 Å². The Kier molecular flexibility index (Phi) is 6.90. The summed E-state index contributed by atoms with van der Waals surface area (Å²) in [6.45, 7) is 3.03. The Hall–Kier alpha value is -3.53. The Labute approximate surface area is 190 Å². The van der Waals surface area contributed by atoms with Crippen LogP contribution in [0.2, 0.25) is 0 Å². The van der Waals surface area contributed by atoms with E-state index < -0.39 is 6.04 Å². The first kappa shape index (κ1) is 21.7. The molecular formula is C28H30N2O2. The summed E-state index contributed by atoms with van der Waals surface area (Å²) < 4.78 is 7.51. The highest BCUT2D eigenvalue weighted by Crippen LogP contribution is 2.30. The fourth-order valence-corrected chi connectivity index (χ4v) is 4.16. The number of hydrogen-bond donors (Lipinski definition) is 1. The van der Waals surface area contributed by atoms with Crippen LogP contribution in [0.1, 0.15) is 36.5 Å². The number of nitrogens with zero attached hydrogens (tertiary/aromatic N) is 1. The van der Waals surface area contributed by atoms with Crippen LogP contribution in [0.5, 0.6) is 5.75 Å². The second-order valence-corrected chi connectivity index (χ2v) is 8.07. The highest BCUT2D eigenvalue weighted by Gasteiger charge is 2.28. The van der Waals surface area contributed by atoms with E-state index in [-0.39, 0.29) is 5.78 Å². The zero-order chi connectivity index (χ0) is 22.3. The van der Waals surface area contributed by atoms with Gasteiger partial charge in [0.05, 0.1) is 7.11 Å². The number of ketones is 1. The van der Waals surface area contributed by atoms with E-state index in [0.717, 1.165) is 59.5 Å². The molecule has 0 fully saturated rings. The molecule has 0 saturated carbocycles. The Morgan fingerprint density at radius 2 is 1.97 bits per heavy atom. The third-order valence-electron chi connectivity index (χ3n) is 5.77. The van der Waals surface area contributed by atoms with Crippen molar-refractivity contribution in [3.63, 3.8) is 0 Å². The van der Waals surface area contributed by atoms with E-state index in [1.54, 1.807) is 7.11 Å². The molecule has 1 aliphatic rings. The number of benzene rings is 2. The molecule has 4 heteroatoms. The zero-order valence-electron chi connectivity index (χ0n) is 18.8. The van der Waals surface area contributed by atoms with Crippen molar-refractivity contribution in [2.24, 2.45) is 0 Å². The van der Waals surface area contributed by atoms with Crippen LogP contribution in [-0.2, 0) is 6.54 Å². The maximum Gasteiger partial charge on any atom is 0.191 e. The SMILES string of the molecule is CCCn1cc(C(=O)C(Nc2cccc(OC)c2)C2=CC=CCC2)c(-c2ccccc2)c1. The highest BCUT2D eigenvalue weighted by molar-refractivity contribution is 6.08. The molecule has 0 radical (unpaired) electrons. The largest absolute Gasteiger partial charge is 0.497 e. The number of Topliss-reactive ketones (excluding diaryl/α,β-unsaturated/α-hetero) is 1. The number of methoxy groups -OCH3 is 1. The predicted octanol–water partition coefficient (Wildman–Crippen LogP) is 6.51. The molecule has 1 atom stereocenters. The van der Waals surface area contributed by atoms with Gasteiger partial charge in [0, 0.05) is 41.8 Å². The van der Waals surface area contributed by atoms with Gasteiger partial charge in [0.15, 0.2) is 5.78 Å². The van der Waals surface area contributed by atoms with Crippen molar-refractivity contribution < 1.29 is 9.53 Å². The lowest BCUT2D eigenvalue weighted by atomic mass is 9.90. The van der Waals surface area contributed by atoms with Gasteiger partial charge in [-0.1, -0.05) is 61.5 Å². The lowest BCUT2D eigenvalue weighted by Crippen LogP contribution is -2.32. The summed E-state index contributed by atoms with van der Waals surface area (Å²) in [5.41, 5.74) is 4.76. The normalized spacial score (nSPS) is 14.0. The van der Waals surface area contributed by atoms with Gasteiger partial charge in [-0.05, 0) is 42.5 Å². The molecule has 1 N–H and O–H groups in total. The minimum absolute atomic E-state index is 0.0862. The molecule has 1 unspecified atom stereocenters. The minimum atomic E-state index is -0.438. The van der Waals surface area contributed by atoms with Crippen LogP contribution < -0.4 is 10.1 Å². The van der Waals surface area contributed by atoms with Gasteiger partial charge in [-0.15, -0.1) is 0 Å². The van der Waals surface area contributed by atoms with Gasteiger partial charge in [-0.2, -0.15) is 0 Å². The monoisotopic (exact) mass is 426 g/mol. The van der Waals surface area contributed by atoms with Crippen LogP contribution in [0.15, 0.2) is 90.8 Å². The third kappa shape index (κ3) is 4.86. The number of aryl methyl sites for hydroxylation is 1. The number of anilines is 1. The van der Waals surface area contributed by atoms with Gasteiger partial charge in [0.25, 0.3) is 0 Å². The van der Waals surface area contributed by atoms with E-state index in [0.29, 0.717) is 0 Å². The van der Waals surface area contributed by atoms with Gasteiger partial charge in [-0.25, -0.2) is 0 Å². The molecule has 0 amide bonds. The van der Waals surface area contributed by atoms with Gasteiger partial charge in [0.2, 0.25) is 0 Å². The maximum absolute atomic E-state index is 14.0. The number of nitrogens with one attached hydrogen (secondary N) is 1. The van der Waals surface area contributed by atoms with Crippen molar-refractivity contribution in [1.82, 2.24) is 4.57 Å². The summed E-state index contributed by atoms with van der Waals surface area (Å²) in [4.78, 5) is 14.0. The lowest BCUT2D eigenvalue weighted by Gasteiger charge is -2.23. The average Bonchev–Trinajstić information content (AvgIpc) is 3.27. The summed E-state index contributed by atoms with van der Waals surface area (Å²) >= 11 is 0. The molecule has 3 aromatic rings. The average molecular weight is 427 g/mol. The topological polar surface area (TPSA) is 43.3 Å². The van der Waals surface area contributed by atoms with Crippen molar-refractivity contribution in [2.75, 3.05) is 12.4 Å². The van der Waals surface area contributed by atoms with Gasteiger partial charge >= 0.3 is 0 Å². The first-order valence-electron chi connectivity index (χ1n) is 11.2. The standard InChI is InChI=1S/C28H30N2O2/c1-3-17-30-19-25(21-11-6-4-7-12-21)26(20-30)28(31)27(22-13-8-5-9-14-22)29-23-15-10-16-24(18-23)32-2/h4-8,10-13,15-16,18-20,27,29H,3,9,14,17H2,1-2H3. The van der Waals surface area contributed by atoms with Crippen LogP contribution in [0.3, 0.4) is 0 Å². The first-order valence-corrected chi connectivity index (χ1v) is 11.2. The zero-order valence-corrected chi connectivity index (χ0v) is 18.8. The van der Waals surface area contributed by atoms with E-state index in [1.165, 1.54) is 0 Å². The fraction of sp³-hybridized carbons (Fsp3) is 0.250. The summed E-state index contributed by atoms with van der Waals surface area (Å²) in [6, 6.07) is 17.5. The number of ether oxygens (including phenoxy) is 1. The molecular weight excluding hydrogens is 396 g/mol. The van der Waals surface area contributed by atoms with Crippen LogP contribution in [0, 0.1) is 0 Å². The second-order valence-electron chi connectivity index (χ2n) is 8.07. The Balaban J connectivity index is 1.75. The number of carbonyl (C=O) groups excluding carboxylic acids is 1. The minimum Gasteiger partial charge on any atom is -0.497 e. The van der Waals surface area contributed by atoms with Crippen molar-refractivity contribution in [1.29, 1.82) is 0 Å². The molecule has 164 valence electrons. The van der Waals surface area contributed by atoms with Crippen molar-refractivity contribution in [3.05, 3.63) is 96.4 Å². The van der Waals surface area contributed by atoms with Crippen molar-refractivity contribution >= 4 is 11.5 Å². The molecule has 0 spiro atoms. The Morgan fingerprint density at radius 1 is 1.12 bits per heavy atom. The smallest absolute Gasteiger partial charge is 0.191 e. The molecule has 32 heavy (non-hydrogen) atoms. The number of rotatable bonds is 9. The summed E-state index contributed by atoms with van der Waals surface area (Å²) in [7, 11) is 1.65. The van der Waals surface area contributed by atoms with Gasteiger partial charge in [0.1, 0.15) is 11.8 Å². The van der Waals surface area contributed by atoms with Crippen LogP contribution in [0.4, 0.5) is 5.69 Å². The highest BCUT2D eigenvalue weighted by atomic mass is 16.5. The molecule has 4 rings (SSSR count). The predicted molar refractivity (Wildman–Crippen MR) is 131 cm³/mol. The van der Waals surface area contributed by atoms with Gasteiger partial charge < -0.3 is 14.6 Å². The first-order chi connectivity index (χ1) is 15.7. The summed E-state index contributed by atoms with van der Waals surface area (Å²) in [6.07, 6.45) is 13.2. The van der Waals surface area contributed by atoms with E-state index >= 15 is 0 Å². The van der Waals surface area contributed by atoms with Crippen molar-refractivity contribution in [3.8, 4) is 16.9 Å². The number of carbonyl (C=O) groups is 1. The van der Waals surface area contributed by atoms with Crippen molar-refractivity contribution in [2.45, 2.75) is 38.8 Å². The molecule has 4 nitrogen and oxygen atoms in total. The summed E-state index contributed by atoms with van der Waals surface area (Å²) in [5.74, 6) is 0.848. The number of aromatic nitrogens is 1. The third-order valence-corrected chi connectivity index (χ3v) is 5.77. The Morgan fingerprint density at radius 3 is 2.69 bits per heavy atom. The van der Waals surface area contributed by atoms with E-state index in [9.17, 15) is 4.79 Å². The van der Waals surface area contributed by atoms with Crippen LogP contribution in [-0.4, -0.2) is 23.5 Å². The Bertz CT molecular complexity index is 1130. The van der Waals surface area contributed by atoms with E-state index in [2.05, 4.69) is 47.3 Å². The molecule has 1 aliphatic carbocycles. The van der Waals surface area contributed by atoms with Crippen LogP contribution >= 0.6 is 0 Å². The second kappa shape index (κ2) is 10.2. The molecule has 1 heterocycles. The molecule has 2 aromatic carbocycles. The quantitative estimate of drug-likeness (QED) is 0.397. The molecule has 1 aromatic heterocycles. The fourth-order valence-electron chi connectivity index (χ4n) is 4.16. The van der Waals surface area contributed by atoms with Gasteiger partial charge in [-0.3, -0.25) is 4.79 Å². The summed E-state index contributed by atoms with van der Waals surface area (Å²) in [5, 5.41) is 3.50. The maximum atomic E-state index is 14.0. The lowest BCUT2D eigenvalue weighted by molar-refractivity contribution is 0.0980. The molecule has 0 aliphatic heterocycles. The number of hydrogen-bond acceptors (Lipinski definition) is 3. The molecule has 0 saturated heterocycles. The number of allylic oxidation sites excluding steroid dienone is 3. The molecule has 0 bridgehead atoms.